The van der Waals surface area contributed by atoms with Gasteiger partial charge in [-0.3, -0.25) is 19.2 Å². The Morgan fingerprint density at radius 1 is 0.562 bits per heavy atom. The van der Waals surface area contributed by atoms with Gasteiger partial charge >= 0.3 is 12.4 Å². The summed E-state index contributed by atoms with van der Waals surface area (Å²) in [5.41, 5.74) is -3.48. The smallest absolute Gasteiger partial charge is 0.360 e. The van der Waals surface area contributed by atoms with Gasteiger partial charge in [-0.15, -0.1) is 0 Å². The van der Waals surface area contributed by atoms with Gasteiger partial charge in [0.25, 0.3) is 11.8 Å². The molecule has 0 aliphatic heterocycles. The van der Waals surface area contributed by atoms with Crippen molar-refractivity contribution >= 4 is 33.6 Å². The Morgan fingerprint density at radius 3 is 1.31 bits per heavy atom. The molecule has 2 aromatic carbocycles. The van der Waals surface area contributed by atoms with Crippen LogP contribution in [0.3, 0.4) is 0 Å². The molecular weight excluding hydrogens is 646 g/mol. The topological polar surface area (TPSA) is 148 Å². The minimum atomic E-state index is -4.55. The maximum atomic E-state index is 12.9. The number of nitrogens with one attached hydrogen (secondary N) is 6. The van der Waals surface area contributed by atoms with Crippen molar-refractivity contribution in [3.05, 3.63) is 91.5 Å². The summed E-state index contributed by atoms with van der Waals surface area (Å²) in [5.74, 6) is -1.23. The lowest BCUT2D eigenvalue weighted by Crippen LogP contribution is -2.31. The van der Waals surface area contributed by atoms with Gasteiger partial charge in [-0.2, -0.15) is 26.3 Å². The summed E-state index contributed by atoms with van der Waals surface area (Å²) in [6, 6.07) is 5.37. The van der Waals surface area contributed by atoms with E-state index >= 15 is 0 Å². The predicted molar refractivity (Wildman–Crippen MR) is 168 cm³/mol. The van der Waals surface area contributed by atoms with E-state index in [2.05, 4.69) is 31.2 Å². The van der Waals surface area contributed by atoms with Crippen molar-refractivity contribution in [1.82, 2.24) is 31.2 Å². The summed E-state index contributed by atoms with van der Waals surface area (Å²) < 4.78 is 77.4. The zero-order valence-corrected chi connectivity index (χ0v) is 25.6. The highest BCUT2D eigenvalue weighted by Gasteiger charge is 2.31. The van der Waals surface area contributed by atoms with Gasteiger partial charge in [-0.05, 0) is 88.3 Å². The minimum absolute atomic E-state index is 0.00792. The number of carbonyl (C=O) groups excluding carboxylic acids is 2. The average Bonchev–Trinajstić information content (AvgIpc) is 3.03. The van der Waals surface area contributed by atoms with Gasteiger partial charge in [0.05, 0.1) is 11.1 Å². The number of hydrogen-bond acceptors (Lipinski definition) is 6. The third-order valence-corrected chi connectivity index (χ3v) is 7.49. The van der Waals surface area contributed by atoms with Crippen LogP contribution in [-0.4, -0.2) is 61.1 Å². The number of fused-ring (bicyclic) bond motifs is 2. The second kappa shape index (κ2) is 15.9. The van der Waals surface area contributed by atoms with E-state index in [1.165, 1.54) is 0 Å². The van der Waals surface area contributed by atoms with Gasteiger partial charge in [0, 0.05) is 47.3 Å². The van der Waals surface area contributed by atoms with Crippen molar-refractivity contribution in [3.8, 4) is 0 Å². The van der Waals surface area contributed by atoms with Gasteiger partial charge in [-0.25, -0.2) is 0 Å². The average molecular weight is 681 g/mol. The number of carbonyl (C=O) groups is 2. The van der Waals surface area contributed by atoms with E-state index in [9.17, 15) is 45.5 Å². The van der Waals surface area contributed by atoms with Crippen LogP contribution in [0.4, 0.5) is 26.3 Å². The van der Waals surface area contributed by atoms with E-state index in [1.54, 1.807) is 0 Å². The van der Waals surface area contributed by atoms with Crippen molar-refractivity contribution < 1.29 is 35.9 Å². The molecule has 2 heterocycles. The van der Waals surface area contributed by atoms with Crippen molar-refractivity contribution in [2.75, 3.05) is 39.3 Å². The zero-order chi connectivity index (χ0) is 34.9. The molecule has 2 amide bonds. The summed E-state index contributed by atoms with van der Waals surface area (Å²) in [6.45, 7) is 3.33. The number of rotatable bonds is 15. The molecule has 0 saturated heterocycles. The molecule has 2 aromatic heterocycles. The summed E-state index contributed by atoms with van der Waals surface area (Å²) in [5, 5.41) is 11.8. The quantitative estimate of drug-likeness (QED) is 0.0815. The standard InChI is InChI=1S/C32H34F6N6O4/c33-31(34,35)19-5-7-21-25(15-19)43-17-23(27(21)45)29(47)41-13-3-11-39-9-1-2-10-40-12-4-14-42-30(48)24-18-44-26-16-20(32(36,37)38)6-8-22(26)28(24)46/h5-8,15-18,39-40H,1-4,9-14H2,(H,41,47)(H,42,48)(H,43,45)(H,44,46). The van der Waals surface area contributed by atoms with Crippen molar-refractivity contribution in [2.45, 2.75) is 38.0 Å². The Bertz CT molecular complexity index is 1730. The SMILES string of the molecule is O=C(NCCCNCCCCNCCCNC(=O)c1c[nH]c2cc(C(F)(F)F)ccc2c1=O)c1c[nH]c2cc(C(F)(F)F)ccc2c1=O. The fraction of sp³-hybridized carbons (Fsp3) is 0.375. The van der Waals surface area contributed by atoms with E-state index < -0.39 is 46.2 Å². The van der Waals surface area contributed by atoms with E-state index in [-0.39, 0.29) is 32.9 Å². The Kier molecular flexibility index (Phi) is 12.0. The molecule has 0 fully saturated rings. The van der Waals surface area contributed by atoms with Crippen LogP contribution in [0.15, 0.2) is 58.4 Å². The number of pyridine rings is 2. The first kappa shape index (κ1) is 36.1. The normalized spacial score (nSPS) is 12.0. The fourth-order valence-corrected chi connectivity index (χ4v) is 4.91. The number of H-pyrrole nitrogens is 2. The predicted octanol–water partition coefficient (Wildman–Crippen LogP) is 4.31. The molecule has 10 nitrogen and oxygen atoms in total. The van der Waals surface area contributed by atoms with Gasteiger partial charge in [0.15, 0.2) is 0 Å². The second-order valence-electron chi connectivity index (χ2n) is 11.0. The minimum Gasteiger partial charge on any atom is -0.360 e. The zero-order valence-electron chi connectivity index (χ0n) is 25.6. The fourth-order valence-electron chi connectivity index (χ4n) is 4.91. The van der Waals surface area contributed by atoms with Gasteiger partial charge in [0.1, 0.15) is 11.1 Å². The molecule has 4 rings (SSSR count). The van der Waals surface area contributed by atoms with Crippen LogP contribution in [0.2, 0.25) is 0 Å². The van der Waals surface area contributed by atoms with E-state index in [0.717, 1.165) is 74.7 Å². The Morgan fingerprint density at radius 2 is 0.938 bits per heavy atom. The molecule has 0 saturated carbocycles. The first-order valence-corrected chi connectivity index (χ1v) is 15.2. The maximum Gasteiger partial charge on any atom is 0.416 e. The summed E-state index contributed by atoms with van der Waals surface area (Å²) >= 11 is 0. The number of halogens is 6. The number of benzene rings is 2. The van der Waals surface area contributed by atoms with Crippen LogP contribution >= 0.6 is 0 Å². The van der Waals surface area contributed by atoms with Crippen LogP contribution in [0.1, 0.15) is 57.5 Å². The molecule has 0 aliphatic rings. The van der Waals surface area contributed by atoms with Crippen molar-refractivity contribution in [2.24, 2.45) is 0 Å². The van der Waals surface area contributed by atoms with Crippen LogP contribution < -0.4 is 32.1 Å². The molecule has 16 heteroatoms. The molecule has 6 N–H and O–H groups in total. The molecule has 0 spiro atoms. The maximum absolute atomic E-state index is 12.9. The van der Waals surface area contributed by atoms with Crippen LogP contribution in [-0.2, 0) is 12.4 Å². The van der Waals surface area contributed by atoms with E-state index in [0.29, 0.717) is 39.0 Å². The summed E-state index contributed by atoms with van der Waals surface area (Å²) in [6.07, 6.45) is -3.92. The molecule has 0 atom stereocenters. The van der Waals surface area contributed by atoms with Crippen LogP contribution in [0.5, 0.6) is 0 Å². The van der Waals surface area contributed by atoms with Crippen molar-refractivity contribution in [1.29, 1.82) is 0 Å². The lowest BCUT2D eigenvalue weighted by atomic mass is 10.1. The van der Waals surface area contributed by atoms with Gasteiger partial charge in [0.2, 0.25) is 10.9 Å². The summed E-state index contributed by atoms with van der Waals surface area (Å²) in [7, 11) is 0. The highest BCUT2D eigenvalue weighted by molar-refractivity contribution is 5.98. The highest BCUT2D eigenvalue weighted by Crippen LogP contribution is 2.31. The molecule has 4 aromatic rings. The number of amides is 2. The molecule has 258 valence electrons. The molecule has 0 aliphatic carbocycles. The van der Waals surface area contributed by atoms with Gasteiger partial charge < -0.3 is 31.2 Å². The molecule has 48 heavy (non-hydrogen) atoms. The molecule has 0 radical (unpaired) electrons. The highest BCUT2D eigenvalue weighted by atomic mass is 19.4. The number of aromatic amines is 2. The second-order valence-corrected chi connectivity index (χ2v) is 11.0. The lowest BCUT2D eigenvalue weighted by Gasteiger charge is -2.10. The molecule has 0 unspecified atom stereocenters. The summed E-state index contributed by atoms with van der Waals surface area (Å²) in [4.78, 5) is 55.2. The Hall–Kier alpha value is -4.70. The van der Waals surface area contributed by atoms with Crippen molar-refractivity contribution in [3.63, 3.8) is 0 Å². The Balaban J connectivity index is 1.03. The Labute approximate surface area is 269 Å². The largest absolute Gasteiger partial charge is 0.416 e. The first-order chi connectivity index (χ1) is 22.8. The first-order valence-electron chi connectivity index (χ1n) is 15.2. The van der Waals surface area contributed by atoms with Gasteiger partial charge in [-0.1, -0.05) is 0 Å². The van der Waals surface area contributed by atoms with E-state index in [4.69, 9.17) is 0 Å². The van der Waals surface area contributed by atoms with Crippen LogP contribution in [0, 0.1) is 0 Å². The third-order valence-electron chi connectivity index (χ3n) is 7.49. The monoisotopic (exact) mass is 680 g/mol. The van der Waals surface area contributed by atoms with E-state index in [1.807, 2.05) is 0 Å². The molecule has 0 bridgehead atoms. The number of hydrogen-bond donors (Lipinski definition) is 6. The third kappa shape index (κ3) is 9.44. The molecular formula is C32H34F6N6O4. The number of aromatic nitrogens is 2. The lowest BCUT2D eigenvalue weighted by molar-refractivity contribution is -0.138. The number of unbranched alkanes of at least 4 members (excludes halogenated alkanes) is 1. The van der Waals surface area contributed by atoms with Crippen LogP contribution in [0.25, 0.3) is 21.8 Å². The number of alkyl halides is 6.